The Kier molecular flexibility index (Phi) is 8.28. The average molecular weight is 562 g/mol. The molecule has 0 radical (unpaired) electrons. The summed E-state index contributed by atoms with van der Waals surface area (Å²) >= 11 is 2.07. The number of halogens is 1. The van der Waals surface area contributed by atoms with Gasteiger partial charge in [-0.1, -0.05) is 48.5 Å². The molecular formula is C23H20IN2O5P. The molecule has 164 valence electrons. The molecule has 0 aromatic heterocycles. The highest BCUT2D eigenvalue weighted by molar-refractivity contribution is 14.1. The number of carbonyl (C=O) groups excluding carboxylic acids is 1. The van der Waals surface area contributed by atoms with Crippen molar-refractivity contribution in [1.82, 2.24) is 5.09 Å². The van der Waals surface area contributed by atoms with Crippen molar-refractivity contribution in [2.75, 3.05) is 0 Å². The van der Waals surface area contributed by atoms with Gasteiger partial charge in [0.2, 0.25) is 5.69 Å². The van der Waals surface area contributed by atoms with Gasteiger partial charge in [-0.25, -0.2) is 9.41 Å². The van der Waals surface area contributed by atoms with E-state index in [0.29, 0.717) is 0 Å². The molecule has 1 N–H and O–H groups in total. The van der Waals surface area contributed by atoms with Crippen LogP contribution in [0.15, 0.2) is 78.9 Å². The number of hydrogen-bond acceptors (Lipinski definition) is 5. The van der Waals surface area contributed by atoms with Crippen LogP contribution in [0.4, 0.5) is 5.69 Å². The lowest BCUT2D eigenvalue weighted by Gasteiger charge is -2.23. The summed E-state index contributed by atoms with van der Waals surface area (Å²) in [5.74, 6) is -0.262. The van der Waals surface area contributed by atoms with Crippen LogP contribution in [0.2, 0.25) is 0 Å². The van der Waals surface area contributed by atoms with Gasteiger partial charge >= 0.3 is 13.7 Å². The van der Waals surface area contributed by atoms with Crippen LogP contribution >= 0.6 is 30.3 Å². The Hall–Kier alpha value is -2.86. The molecule has 3 aromatic rings. The number of benzene rings is 3. The van der Waals surface area contributed by atoms with E-state index in [-0.39, 0.29) is 23.8 Å². The molecule has 0 spiro atoms. The summed E-state index contributed by atoms with van der Waals surface area (Å²) in [5, 5.41) is 2.62. The number of nitrogens with one attached hydrogen (secondary N) is 1. The number of nitrogens with zero attached hydrogens (tertiary/aromatic N) is 1. The molecule has 0 aliphatic heterocycles. The molecular weight excluding hydrogens is 542 g/mol. The summed E-state index contributed by atoms with van der Waals surface area (Å²) in [5.41, 5.74) is 1.00. The van der Waals surface area contributed by atoms with E-state index >= 15 is 0 Å². The van der Waals surface area contributed by atoms with E-state index in [4.69, 9.17) is 20.4 Å². The van der Waals surface area contributed by atoms with Crippen LogP contribution in [0.25, 0.3) is 4.85 Å². The second-order valence-electron chi connectivity index (χ2n) is 6.66. The van der Waals surface area contributed by atoms with E-state index in [9.17, 15) is 9.36 Å². The molecule has 0 bridgehead atoms. The van der Waals surface area contributed by atoms with E-state index < -0.39 is 19.8 Å². The van der Waals surface area contributed by atoms with Crippen LogP contribution in [0, 0.1) is 10.1 Å². The van der Waals surface area contributed by atoms with Gasteiger partial charge in [-0.3, -0.25) is 4.79 Å². The maximum Gasteiger partial charge on any atom is 0.512 e. The molecule has 0 aliphatic carbocycles. The molecule has 3 aromatic carbocycles. The largest absolute Gasteiger partial charge is 0.512 e. The minimum absolute atomic E-state index is 0.0788. The first-order chi connectivity index (χ1) is 15.4. The van der Waals surface area contributed by atoms with E-state index in [0.717, 1.165) is 9.13 Å². The summed E-state index contributed by atoms with van der Waals surface area (Å²) in [6, 6.07) is 21.5. The molecule has 0 heterocycles. The number of para-hydroxylation sites is 1. The normalized spacial score (nSPS) is 13.3. The van der Waals surface area contributed by atoms with Crippen molar-refractivity contribution in [2.24, 2.45) is 0 Å². The van der Waals surface area contributed by atoms with E-state index in [1.54, 1.807) is 42.5 Å². The second-order valence-corrected chi connectivity index (χ2v) is 9.52. The highest BCUT2D eigenvalue weighted by Crippen LogP contribution is 2.48. The Morgan fingerprint density at radius 2 is 1.72 bits per heavy atom. The van der Waals surface area contributed by atoms with Crippen molar-refractivity contribution in [3.8, 4) is 11.5 Å². The molecule has 0 amide bonds. The highest BCUT2D eigenvalue weighted by Gasteiger charge is 2.34. The minimum Gasteiger partial charge on any atom is -0.460 e. The molecule has 0 saturated heterocycles. The Labute approximate surface area is 200 Å². The fraction of sp³-hybridized carbons (Fsp3) is 0.130. The predicted octanol–water partition coefficient (Wildman–Crippen LogP) is 6.13. The van der Waals surface area contributed by atoms with Gasteiger partial charge in [0.25, 0.3) is 0 Å². The van der Waals surface area contributed by atoms with Crippen molar-refractivity contribution in [3.63, 3.8) is 0 Å². The first kappa shape index (κ1) is 23.8. The predicted molar refractivity (Wildman–Crippen MR) is 130 cm³/mol. The third-order valence-electron chi connectivity index (χ3n) is 4.16. The first-order valence-corrected chi connectivity index (χ1v) is 12.2. The molecule has 32 heavy (non-hydrogen) atoms. The lowest BCUT2D eigenvalue weighted by molar-refractivity contribution is -0.146. The smallest absolute Gasteiger partial charge is 0.460 e. The number of hydrogen-bond donors (Lipinski definition) is 1. The van der Waals surface area contributed by atoms with Gasteiger partial charge in [-0.2, -0.15) is 5.09 Å². The van der Waals surface area contributed by atoms with Gasteiger partial charge in [0.1, 0.15) is 24.1 Å². The SMILES string of the molecule is [C-]#[N+]c1cc(I)ccc1OP(=O)(N[C@@H](C)C(=O)OCc1ccccc1)Oc1ccccc1. The van der Waals surface area contributed by atoms with Crippen LogP contribution in [-0.4, -0.2) is 12.0 Å². The summed E-state index contributed by atoms with van der Waals surface area (Å²) in [7, 11) is -4.12. The molecule has 7 nitrogen and oxygen atoms in total. The summed E-state index contributed by atoms with van der Waals surface area (Å²) in [6.45, 7) is 8.95. The lowest BCUT2D eigenvalue weighted by Crippen LogP contribution is -2.35. The summed E-state index contributed by atoms with van der Waals surface area (Å²) in [4.78, 5) is 15.9. The maximum absolute atomic E-state index is 13.6. The van der Waals surface area contributed by atoms with Crippen molar-refractivity contribution in [1.29, 1.82) is 0 Å². The van der Waals surface area contributed by atoms with Gasteiger partial charge in [-0.15, -0.1) is 0 Å². The van der Waals surface area contributed by atoms with E-state index in [2.05, 4.69) is 32.5 Å². The second kappa shape index (κ2) is 11.1. The average Bonchev–Trinajstić information content (AvgIpc) is 2.79. The Morgan fingerprint density at radius 3 is 2.38 bits per heavy atom. The summed E-state index contributed by atoms with van der Waals surface area (Å²) in [6.07, 6.45) is 0. The van der Waals surface area contributed by atoms with Crippen molar-refractivity contribution in [2.45, 2.75) is 19.6 Å². The highest BCUT2D eigenvalue weighted by atomic mass is 127. The van der Waals surface area contributed by atoms with Crippen LogP contribution in [-0.2, 0) is 20.7 Å². The van der Waals surface area contributed by atoms with Crippen LogP contribution in [0.3, 0.4) is 0 Å². The molecule has 0 aliphatic rings. The molecule has 9 heteroatoms. The topological polar surface area (TPSA) is 78.2 Å². The van der Waals surface area contributed by atoms with E-state index in [1.807, 2.05) is 30.3 Å². The van der Waals surface area contributed by atoms with Gasteiger partial charge in [0, 0.05) is 3.57 Å². The number of ether oxygens (including phenoxy) is 1. The maximum atomic E-state index is 13.6. The zero-order valence-corrected chi connectivity index (χ0v) is 20.2. The third-order valence-corrected chi connectivity index (χ3v) is 6.42. The van der Waals surface area contributed by atoms with E-state index in [1.165, 1.54) is 13.0 Å². The fourth-order valence-electron chi connectivity index (χ4n) is 2.62. The molecule has 0 fully saturated rings. The zero-order valence-electron chi connectivity index (χ0n) is 17.1. The number of rotatable bonds is 9. The van der Waals surface area contributed by atoms with Gasteiger partial charge in [-0.05, 0) is 65.4 Å². The van der Waals surface area contributed by atoms with Crippen LogP contribution in [0.5, 0.6) is 11.5 Å². The summed E-state index contributed by atoms with van der Waals surface area (Å²) < 4.78 is 31.1. The van der Waals surface area contributed by atoms with Crippen LogP contribution in [0.1, 0.15) is 12.5 Å². The zero-order chi connectivity index (χ0) is 23.0. The molecule has 0 saturated carbocycles. The lowest BCUT2D eigenvalue weighted by atomic mass is 10.2. The number of esters is 1. The molecule has 2 atom stereocenters. The standard InChI is InChI=1S/C23H20IN2O5P/c1-17(23(27)29-16-18-9-5-3-6-10-18)26-32(28,30-20-11-7-4-8-12-20)31-22-14-13-19(24)15-21(22)25-2/h3-15,17H,16H2,1H3,(H,26,28)/t17-,32?/m0/s1. The van der Waals surface area contributed by atoms with Gasteiger partial charge < -0.3 is 13.8 Å². The monoisotopic (exact) mass is 562 g/mol. The van der Waals surface area contributed by atoms with Crippen LogP contribution < -0.4 is 14.1 Å². The fourth-order valence-corrected chi connectivity index (χ4v) is 4.63. The first-order valence-electron chi connectivity index (χ1n) is 9.58. The van der Waals surface area contributed by atoms with Gasteiger partial charge in [0.15, 0.2) is 0 Å². The van der Waals surface area contributed by atoms with Gasteiger partial charge in [0.05, 0.1) is 6.57 Å². The quantitative estimate of drug-likeness (QED) is 0.146. The Balaban J connectivity index is 1.78. The van der Waals surface area contributed by atoms with Crippen molar-refractivity contribution in [3.05, 3.63) is 99.4 Å². The van der Waals surface area contributed by atoms with Crippen molar-refractivity contribution >= 4 is 42.0 Å². The van der Waals surface area contributed by atoms with Crippen molar-refractivity contribution < 1.29 is 23.1 Å². The third kappa shape index (κ3) is 6.82. The number of carbonyl (C=O) groups is 1. The minimum atomic E-state index is -4.12. The molecule has 1 unspecified atom stereocenters. The Bertz CT molecular complexity index is 1150. The Morgan fingerprint density at radius 1 is 1.06 bits per heavy atom. The molecule has 3 rings (SSSR count).